The van der Waals surface area contributed by atoms with E-state index in [9.17, 15) is 0 Å². The molecule has 0 fully saturated rings. The molecule has 0 aliphatic carbocycles. The van der Waals surface area contributed by atoms with Crippen LogP contribution in [0.3, 0.4) is 0 Å². The molecule has 4 nitrogen and oxygen atoms in total. The van der Waals surface area contributed by atoms with Crippen LogP contribution in [-0.2, 0) is 23.6 Å². The summed E-state index contributed by atoms with van der Waals surface area (Å²) in [6, 6.07) is 20.0. The van der Waals surface area contributed by atoms with E-state index in [-0.39, 0.29) is 0 Å². The maximum Gasteiger partial charge on any atom is 0.118 e. The quantitative estimate of drug-likeness (QED) is 0.397. The number of hydrazone groups is 2. The zero-order chi connectivity index (χ0) is 19.2. The Hall–Kier alpha value is -1.32. The summed E-state index contributed by atoms with van der Waals surface area (Å²) in [5.41, 5.74) is 3.41. The zero-order valence-corrected chi connectivity index (χ0v) is 18.8. The van der Waals surface area contributed by atoms with E-state index in [1.807, 2.05) is 87.3 Å². The third-order valence-electron chi connectivity index (χ3n) is 3.12. The molecule has 0 aromatic heterocycles. The Kier molecular flexibility index (Phi) is 7.31. The smallest absolute Gasteiger partial charge is 0.118 e. The molecule has 2 rings (SSSR count). The molecule has 0 amide bonds. The minimum atomic E-state index is -1.72. The third kappa shape index (κ3) is 7.13. The number of nitrogens with one attached hydrogen (secondary N) is 2. The molecule has 26 heavy (non-hydrogen) atoms. The fourth-order valence-electron chi connectivity index (χ4n) is 2.04. The fourth-order valence-corrected chi connectivity index (χ4v) is 2.97. The van der Waals surface area contributed by atoms with Gasteiger partial charge in [0.05, 0.1) is 0 Å². The Morgan fingerprint density at radius 3 is 1.23 bits per heavy atom. The molecule has 0 spiro atoms. The van der Waals surface area contributed by atoms with Crippen molar-refractivity contribution in [3.05, 3.63) is 71.8 Å². The summed E-state index contributed by atoms with van der Waals surface area (Å²) in [6.45, 7) is 8.02. The Balaban J connectivity index is 2.61. The number of benzene rings is 2. The Morgan fingerprint density at radius 1 is 0.654 bits per heavy atom. The van der Waals surface area contributed by atoms with Crippen molar-refractivity contribution in [2.75, 3.05) is 26.7 Å². The minimum absolute atomic E-state index is 0.741. The van der Waals surface area contributed by atoms with Gasteiger partial charge in [-0.05, 0) is 26.7 Å². The number of nitrogens with zero attached hydrogens (tertiary/aromatic N) is 2. The van der Waals surface area contributed by atoms with E-state index in [1.165, 1.54) is 0 Å². The van der Waals surface area contributed by atoms with Gasteiger partial charge in [-0.25, -0.2) is 0 Å². The van der Waals surface area contributed by atoms with Gasteiger partial charge < -0.3 is 0 Å². The first-order valence-electron chi connectivity index (χ1n) is 8.07. The van der Waals surface area contributed by atoms with Gasteiger partial charge in [0.2, 0.25) is 0 Å². The molecule has 0 aliphatic heterocycles. The van der Waals surface area contributed by atoms with E-state index in [0.29, 0.717) is 0 Å². The van der Waals surface area contributed by atoms with E-state index in [1.54, 1.807) is 0 Å². The van der Waals surface area contributed by atoms with E-state index < -0.39 is 12.4 Å². The third-order valence-corrected chi connectivity index (χ3v) is 4.78. The highest BCUT2D eigenvalue weighted by Gasteiger charge is 2.16. The highest BCUT2D eigenvalue weighted by atomic mass is 32.4. The maximum absolute atomic E-state index is 5.51. The largest absolute Gasteiger partial charge is 0.281 e. The minimum Gasteiger partial charge on any atom is -0.281 e. The second-order valence-corrected chi connectivity index (χ2v) is 17.8. The van der Waals surface area contributed by atoms with Gasteiger partial charge in [0.1, 0.15) is 11.4 Å². The average Bonchev–Trinajstić information content (AvgIpc) is 2.57. The highest BCUT2D eigenvalue weighted by Crippen LogP contribution is 2.31. The number of rotatable bonds is 7. The van der Waals surface area contributed by atoms with Crippen molar-refractivity contribution in [3.8, 4) is 0 Å². The summed E-state index contributed by atoms with van der Waals surface area (Å²) in [7, 11) is 0. The lowest BCUT2D eigenvalue weighted by molar-refractivity contribution is 1.08. The number of hydrogen-bond acceptors (Lipinski definition) is 4. The van der Waals surface area contributed by atoms with Gasteiger partial charge in [-0.15, -0.1) is 0 Å². The monoisotopic (exact) mass is 422 g/mol. The molecular formula is C18H24N4P2S2. The van der Waals surface area contributed by atoms with Crippen molar-refractivity contribution < 1.29 is 0 Å². The Labute approximate surface area is 166 Å². The normalized spacial score (nSPS) is 13.4. The molecule has 0 radical (unpaired) electrons. The lowest BCUT2D eigenvalue weighted by atomic mass is 10.00. The Bertz CT molecular complexity index is 808. The van der Waals surface area contributed by atoms with Crippen LogP contribution in [0.25, 0.3) is 0 Å². The highest BCUT2D eigenvalue weighted by molar-refractivity contribution is 8.13. The van der Waals surface area contributed by atoms with Gasteiger partial charge in [-0.1, -0.05) is 84.3 Å². The average molecular weight is 423 g/mol. The summed E-state index contributed by atoms with van der Waals surface area (Å²) in [6.07, 6.45) is -3.43. The predicted molar refractivity (Wildman–Crippen MR) is 124 cm³/mol. The van der Waals surface area contributed by atoms with Gasteiger partial charge in [0.15, 0.2) is 0 Å². The summed E-state index contributed by atoms with van der Waals surface area (Å²) in [5.74, 6) is 0. The molecule has 0 saturated heterocycles. The lowest BCUT2D eigenvalue weighted by Crippen LogP contribution is -2.22. The van der Waals surface area contributed by atoms with Crippen molar-refractivity contribution in [2.24, 2.45) is 10.2 Å². The summed E-state index contributed by atoms with van der Waals surface area (Å²) >= 11 is 11.0. The topological polar surface area (TPSA) is 48.8 Å². The van der Waals surface area contributed by atoms with Gasteiger partial charge in [-0.3, -0.25) is 10.4 Å². The van der Waals surface area contributed by atoms with Crippen molar-refractivity contribution >= 4 is 47.4 Å². The van der Waals surface area contributed by atoms with Crippen LogP contribution < -0.4 is 10.4 Å². The summed E-state index contributed by atoms with van der Waals surface area (Å²) < 4.78 is 0. The standard InChI is InChI=1S/C18H24N4P2S2/c1-23(2,25)21-19-17(15-11-7-5-8-12-15)18(20-22-24(3,4)26)16-13-9-6-10-14-16/h5-14H,1-4H3,(H,21,25)(H,22,26)/b19-17-,20-18-. The molecule has 0 bridgehead atoms. The molecule has 138 valence electrons. The second kappa shape index (κ2) is 9.05. The summed E-state index contributed by atoms with van der Waals surface area (Å²) in [5, 5.41) is 15.6. The zero-order valence-electron chi connectivity index (χ0n) is 15.4. The van der Waals surface area contributed by atoms with Crippen molar-refractivity contribution in [1.82, 2.24) is 10.4 Å². The van der Waals surface area contributed by atoms with E-state index in [4.69, 9.17) is 23.6 Å². The van der Waals surface area contributed by atoms with Gasteiger partial charge in [0, 0.05) is 23.5 Å². The van der Waals surface area contributed by atoms with Crippen molar-refractivity contribution in [3.63, 3.8) is 0 Å². The molecule has 0 atom stereocenters. The predicted octanol–water partition coefficient (Wildman–Crippen LogP) is 4.28. The first-order valence-corrected chi connectivity index (χ1v) is 15.5. The second-order valence-electron chi connectivity index (χ2n) is 6.55. The van der Waals surface area contributed by atoms with Crippen LogP contribution in [-0.4, -0.2) is 38.1 Å². The first-order chi connectivity index (χ1) is 12.2. The van der Waals surface area contributed by atoms with Crippen LogP contribution in [0.5, 0.6) is 0 Å². The fraction of sp³-hybridized carbons (Fsp3) is 0.222. The molecule has 2 aromatic rings. The van der Waals surface area contributed by atoms with Crippen LogP contribution in [0.15, 0.2) is 70.9 Å². The first kappa shape index (κ1) is 21.0. The Morgan fingerprint density at radius 2 is 0.962 bits per heavy atom. The van der Waals surface area contributed by atoms with Crippen LogP contribution in [0.1, 0.15) is 11.1 Å². The molecule has 2 N–H and O–H groups in total. The van der Waals surface area contributed by atoms with Crippen LogP contribution >= 0.6 is 12.4 Å². The molecule has 0 saturated carbocycles. The van der Waals surface area contributed by atoms with E-state index in [0.717, 1.165) is 22.6 Å². The molecule has 0 aliphatic rings. The molecule has 2 aromatic carbocycles. The van der Waals surface area contributed by atoms with Crippen LogP contribution in [0.2, 0.25) is 0 Å². The van der Waals surface area contributed by atoms with E-state index in [2.05, 4.69) is 20.6 Å². The van der Waals surface area contributed by atoms with Gasteiger partial charge >= 0.3 is 0 Å². The van der Waals surface area contributed by atoms with Crippen molar-refractivity contribution in [1.29, 1.82) is 0 Å². The van der Waals surface area contributed by atoms with Crippen molar-refractivity contribution in [2.45, 2.75) is 0 Å². The van der Waals surface area contributed by atoms with Crippen LogP contribution in [0.4, 0.5) is 0 Å². The van der Waals surface area contributed by atoms with Gasteiger partial charge in [-0.2, -0.15) is 10.2 Å². The van der Waals surface area contributed by atoms with Crippen LogP contribution in [0, 0.1) is 0 Å². The lowest BCUT2D eigenvalue weighted by Gasteiger charge is -2.16. The van der Waals surface area contributed by atoms with E-state index >= 15 is 0 Å². The molecule has 0 heterocycles. The summed E-state index contributed by atoms with van der Waals surface area (Å²) in [4.78, 5) is 0. The maximum atomic E-state index is 5.51. The number of hydrogen-bond donors (Lipinski definition) is 2. The van der Waals surface area contributed by atoms with Gasteiger partial charge in [0.25, 0.3) is 0 Å². The SMILES string of the molecule is CP(C)(=S)N/N=C(\C(=N/NP(C)(C)=S)c1ccccc1)c1ccccc1. The molecule has 8 heteroatoms. The molecule has 0 unspecified atom stereocenters. The molecular weight excluding hydrogens is 398 g/mol.